The molecule has 6 aromatic rings. The largest absolute Gasteiger partial charge is 0.496 e. The number of hydrogen-bond donors (Lipinski definition) is 1. The number of hydrogen-bond acceptors (Lipinski definition) is 9. The maximum Gasteiger partial charge on any atom is 0.306 e. The first kappa shape index (κ1) is 45.5. The van der Waals surface area contributed by atoms with Crippen molar-refractivity contribution in [1.29, 1.82) is 0 Å². The second-order valence-corrected chi connectivity index (χ2v) is 19.7. The van der Waals surface area contributed by atoms with Gasteiger partial charge in [-0.3, -0.25) is 9.59 Å². The van der Waals surface area contributed by atoms with Crippen LogP contribution < -0.4 is 19.1 Å². The summed E-state index contributed by atoms with van der Waals surface area (Å²) < 4.78 is 31.1. The van der Waals surface area contributed by atoms with E-state index in [0.29, 0.717) is 24.4 Å². The lowest BCUT2D eigenvalue weighted by molar-refractivity contribution is -0.148. The number of esters is 1. The minimum Gasteiger partial charge on any atom is -0.496 e. The summed E-state index contributed by atoms with van der Waals surface area (Å²) in [5, 5.41) is 11.1. The van der Waals surface area contributed by atoms with Crippen LogP contribution in [0, 0.1) is 5.41 Å². The molecular weight excluding hydrogens is 871 g/mol. The quantitative estimate of drug-likeness (QED) is 0.0791. The third kappa shape index (κ3) is 8.29. The summed E-state index contributed by atoms with van der Waals surface area (Å²) >= 11 is 1.72. The summed E-state index contributed by atoms with van der Waals surface area (Å²) in [5.74, 6) is 0.632. The number of carboxylic acid groups (broad SMARTS) is 1. The van der Waals surface area contributed by atoms with Gasteiger partial charge in [-0.05, 0) is 113 Å². The van der Waals surface area contributed by atoms with Crippen LogP contribution in [-0.2, 0) is 30.1 Å². The van der Waals surface area contributed by atoms with E-state index in [-0.39, 0.29) is 31.5 Å². The molecule has 10 heteroatoms. The molecule has 2 aliphatic carbocycles. The van der Waals surface area contributed by atoms with E-state index < -0.39 is 17.5 Å². The molecule has 2 heterocycles. The maximum atomic E-state index is 12.0. The highest BCUT2D eigenvalue weighted by Crippen LogP contribution is 2.65. The van der Waals surface area contributed by atoms with Crippen molar-refractivity contribution in [3.63, 3.8) is 0 Å². The number of carbonyl (C=O) groups is 2. The van der Waals surface area contributed by atoms with Gasteiger partial charge >= 0.3 is 11.9 Å². The number of ether oxygens (including phenoxy) is 5. The molecule has 0 radical (unpaired) electrons. The van der Waals surface area contributed by atoms with Crippen molar-refractivity contribution < 1.29 is 38.4 Å². The number of carboxylic acids is 1. The number of morpholine rings is 1. The molecule has 0 amide bonds. The minimum atomic E-state index is -1.04. The van der Waals surface area contributed by atoms with E-state index in [4.69, 9.17) is 28.8 Å². The Hall–Kier alpha value is -6.23. The van der Waals surface area contributed by atoms with Crippen LogP contribution in [0.1, 0.15) is 93.0 Å². The van der Waals surface area contributed by atoms with Gasteiger partial charge in [-0.15, -0.1) is 0 Å². The standard InChI is InChI=1S/C58H59NO8S/c1-4-56(5-2)27-29-57(30-28-56)48-14-10-9-13-44(48)53-46-38-50(68-43-11-7-6-8-12-43)49(63-3)37-47(46)55-45(54(53)57)25-26-58(67-55,39-15-19-41(20-16-39)59-31-33-64-34-32-59)40-17-21-42(22-18-40)65-35-36-66-52(62)24-23-51(60)61/h6-22,25-26,37-38H,4-5,23-24,27-36H2,1-3H3,(H,60,61). The average Bonchev–Trinajstić information content (AvgIpc) is 3.67. The molecule has 1 N–H and O–H groups in total. The van der Waals surface area contributed by atoms with Gasteiger partial charge in [0.05, 0.1) is 38.1 Å². The Bertz CT molecular complexity index is 2840. The molecule has 4 aliphatic rings. The van der Waals surface area contributed by atoms with Crippen molar-refractivity contribution >= 4 is 46.2 Å². The molecule has 1 spiro atoms. The predicted octanol–water partition coefficient (Wildman–Crippen LogP) is 12.6. The van der Waals surface area contributed by atoms with Gasteiger partial charge in [-0.25, -0.2) is 0 Å². The van der Waals surface area contributed by atoms with Gasteiger partial charge < -0.3 is 33.7 Å². The van der Waals surface area contributed by atoms with E-state index in [1.165, 1.54) is 47.9 Å². The Labute approximate surface area is 403 Å². The van der Waals surface area contributed by atoms with E-state index in [9.17, 15) is 9.59 Å². The zero-order valence-electron chi connectivity index (χ0n) is 39.2. The number of aliphatic carboxylic acids is 1. The summed E-state index contributed by atoms with van der Waals surface area (Å²) in [4.78, 5) is 27.5. The van der Waals surface area contributed by atoms with Gasteiger partial charge in [-0.2, -0.15) is 0 Å². The van der Waals surface area contributed by atoms with E-state index in [0.717, 1.165) is 80.4 Å². The molecule has 68 heavy (non-hydrogen) atoms. The summed E-state index contributed by atoms with van der Waals surface area (Å²) in [6.45, 7) is 7.96. The molecule has 350 valence electrons. The third-order valence-electron chi connectivity index (χ3n) is 15.3. The Morgan fingerprint density at radius 1 is 0.779 bits per heavy atom. The summed E-state index contributed by atoms with van der Waals surface area (Å²) in [5.41, 5.74) is 8.73. The van der Waals surface area contributed by atoms with Crippen LogP contribution in [0.15, 0.2) is 131 Å². The topological polar surface area (TPSA) is 104 Å². The molecule has 2 aliphatic heterocycles. The fraction of sp³-hybridized carbons (Fsp3) is 0.345. The maximum absolute atomic E-state index is 12.0. The Morgan fingerprint density at radius 2 is 1.47 bits per heavy atom. The number of anilines is 1. The molecule has 0 bridgehead atoms. The lowest BCUT2D eigenvalue weighted by Crippen LogP contribution is -2.38. The smallest absolute Gasteiger partial charge is 0.306 e. The molecule has 6 aromatic carbocycles. The highest BCUT2D eigenvalue weighted by atomic mass is 32.2. The van der Waals surface area contributed by atoms with Gasteiger partial charge in [0.1, 0.15) is 30.5 Å². The number of fused-ring (bicyclic) bond motifs is 10. The zero-order valence-corrected chi connectivity index (χ0v) is 40.0. The molecule has 1 unspecified atom stereocenters. The lowest BCUT2D eigenvalue weighted by Gasteiger charge is -2.47. The van der Waals surface area contributed by atoms with Crippen molar-refractivity contribution in [3.8, 4) is 28.4 Å². The predicted molar refractivity (Wildman–Crippen MR) is 268 cm³/mol. The van der Waals surface area contributed by atoms with Crippen molar-refractivity contribution in [1.82, 2.24) is 0 Å². The monoisotopic (exact) mass is 929 g/mol. The van der Waals surface area contributed by atoms with E-state index in [2.05, 4.69) is 134 Å². The number of rotatable bonds is 15. The van der Waals surface area contributed by atoms with E-state index in [1.807, 2.05) is 12.1 Å². The van der Waals surface area contributed by atoms with Gasteiger partial charge in [0.2, 0.25) is 0 Å². The van der Waals surface area contributed by atoms with Gasteiger partial charge in [-0.1, -0.05) is 111 Å². The first-order valence-corrected chi connectivity index (χ1v) is 25.0. The highest BCUT2D eigenvalue weighted by molar-refractivity contribution is 7.99. The fourth-order valence-corrected chi connectivity index (χ4v) is 12.3. The van der Waals surface area contributed by atoms with E-state index in [1.54, 1.807) is 18.9 Å². The fourth-order valence-electron chi connectivity index (χ4n) is 11.3. The second kappa shape index (κ2) is 19.0. The molecule has 9 nitrogen and oxygen atoms in total. The zero-order chi connectivity index (χ0) is 46.9. The Morgan fingerprint density at radius 3 is 2.16 bits per heavy atom. The summed E-state index contributed by atoms with van der Waals surface area (Å²) in [6, 6.07) is 40.9. The molecule has 2 fully saturated rings. The van der Waals surface area contributed by atoms with Gasteiger partial charge in [0.25, 0.3) is 0 Å². The molecule has 0 aromatic heterocycles. The summed E-state index contributed by atoms with van der Waals surface area (Å²) in [7, 11) is 1.75. The first-order chi connectivity index (χ1) is 33.2. The van der Waals surface area contributed by atoms with Gasteiger partial charge in [0.15, 0.2) is 5.60 Å². The number of benzene rings is 6. The Balaban J connectivity index is 1.12. The lowest BCUT2D eigenvalue weighted by atomic mass is 9.58. The van der Waals surface area contributed by atoms with Crippen LogP contribution in [0.4, 0.5) is 5.69 Å². The normalized spacial score (nSPS) is 18.6. The van der Waals surface area contributed by atoms with Crippen molar-refractivity contribution in [2.75, 3.05) is 51.5 Å². The average molecular weight is 930 g/mol. The van der Waals surface area contributed by atoms with Crippen LogP contribution in [0.3, 0.4) is 0 Å². The highest BCUT2D eigenvalue weighted by Gasteiger charge is 2.51. The van der Waals surface area contributed by atoms with Gasteiger partial charge in [0, 0.05) is 51.2 Å². The second-order valence-electron chi connectivity index (χ2n) is 18.6. The van der Waals surface area contributed by atoms with Crippen LogP contribution in [0.25, 0.3) is 28.0 Å². The van der Waals surface area contributed by atoms with Crippen LogP contribution in [0.2, 0.25) is 0 Å². The van der Waals surface area contributed by atoms with E-state index >= 15 is 0 Å². The molecular formula is C58H59NO8S. The van der Waals surface area contributed by atoms with Crippen LogP contribution in [-0.4, -0.2) is 63.7 Å². The van der Waals surface area contributed by atoms with Crippen LogP contribution in [0.5, 0.6) is 17.2 Å². The third-order valence-corrected chi connectivity index (χ3v) is 16.3. The number of carbonyl (C=O) groups excluding carboxylic acids is 1. The van der Waals surface area contributed by atoms with Crippen LogP contribution >= 0.6 is 11.8 Å². The molecule has 1 atom stereocenters. The SMILES string of the molecule is CCC1(CC)CCC2(CC1)c1ccccc1-c1c2c2c(c3cc(OC)c(Sc4ccccc4)cc13)OC(c1ccc(OCCOC(=O)CCC(=O)O)cc1)(c1ccc(N3CCOCC3)cc1)C=C2. The number of nitrogens with zero attached hydrogens (tertiary/aromatic N) is 1. The van der Waals surface area contributed by atoms with Crippen molar-refractivity contribution in [3.05, 3.63) is 149 Å². The minimum absolute atomic E-state index is 0.0118. The molecule has 1 saturated carbocycles. The molecule has 10 rings (SSSR count). The first-order valence-electron chi connectivity index (χ1n) is 24.2. The molecule has 1 saturated heterocycles. The number of methoxy groups -OCH3 is 1. The Kier molecular flexibility index (Phi) is 12.8. The summed E-state index contributed by atoms with van der Waals surface area (Å²) in [6.07, 6.45) is 11.0. The van der Waals surface area contributed by atoms with Crippen molar-refractivity contribution in [2.45, 2.75) is 86.0 Å². The van der Waals surface area contributed by atoms with Crippen molar-refractivity contribution in [2.24, 2.45) is 5.41 Å².